The lowest BCUT2D eigenvalue weighted by Crippen LogP contribution is -2.35. The van der Waals surface area contributed by atoms with Crippen molar-refractivity contribution in [3.8, 4) is 11.5 Å². The van der Waals surface area contributed by atoms with Crippen molar-refractivity contribution in [2.24, 2.45) is 0 Å². The monoisotopic (exact) mass is 368 g/mol. The maximum atomic E-state index is 12.9. The molecule has 0 N–H and O–H groups in total. The average Bonchev–Trinajstić information content (AvgIpc) is 3.23. The maximum Gasteiger partial charge on any atom is 0.317 e. The number of hydrogen-bond donors (Lipinski definition) is 0. The highest BCUT2D eigenvalue weighted by Gasteiger charge is 2.44. The van der Waals surface area contributed by atoms with Gasteiger partial charge in [-0.05, 0) is 30.5 Å². The minimum absolute atomic E-state index is 0.302. The lowest BCUT2D eigenvalue weighted by Gasteiger charge is -2.27. The molecule has 0 spiro atoms. The summed E-state index contributed by atoms with van der Waals surface area (Å²) < 4.78 is 15.9. The number of Topliss-reactive ketones (excluding diaryl/α,β-unsaturated/α-hetero) is 1. The van der Waals surface area contributed by atoms with Gasteiger partial charge in [-0.1, -0.05) is 43.2 Å². The number of methoxy groups -OCH3 is 2. The molecule has 1 aliphatic rings. The van der Waals surface area contributed by atoms with E-state index >= 15 is 0 Å². The molecule has 27 heavy (non-hydrogen) atoms. The highest BCUT2D eigenvalue weighted by Crippen LogP contribution is 2.42. The molecule has 0 saturated heterocycles. The summed E-state index contributed by atoms with van der Waals surface area (Å²) in [5.41, 5.74) is 0.680. The highest BCUT2D eigenvalue weighted by atomic mass is 16.5. The van der Waals surface area contributed by atoms with Crippen LogP contribution in [0.3, 0.4) is 0 Å². The van der Waals surface area contributed by atoms with E-state index in [4.69, 9.17) is 14.2 Å². The second-order valence-electron chi connectivity index (χ2n) is 6.72. The molecule has 1 aliphatic carbocycles. The molecule has 0 aliphatic heterocycles. The fraction of sp³-hybridized carbons (Fsp3) is 0.364. The maximum absolute atomic E-state index is 12.9. The predicted molar refractivity (Wildman–Crippen MR) is 101 cm³/mol. The fourth-order valence-corrected chi connectivity index (χ4v) is 3.72. The summed E-state index contributed by atoms with van der Waals surface area (Å²) >= 11 is 0. The van der Waals surface area contributed by atoms with Crippen LogP contribution in [-0.2, 0) is 14.9 Å². The van der Waals surface area contributed by atoms with Crippen molar-refractivity contribution < 1.29 is 23.8 Å². The first kappa shape index (κ1) is 19.0. The van der Waals surface area contributed by atoms with Crippen molar-refractivity contribution >= 4 is 11.8 Å². The molecule has 5 nitrogen and oxygen atoms in total. The molecule has 0 radical (unpaired) electrons. The molecular formula is C22H24O5. The molecule has 0 aromatic heterocycles. The molecule has 142 valence electrons. The van der Waals surface area contributed by atoms with Crippen molar-refractivity contribution in [1.29, 1.82) is 0 Å². The van der Waals surface area contributed by atoms with E-state index in [1.807, 2.05) is 30.3 Å². The van der Waals surface area contributed by atoms with Crippen molar-refractivity contribution in [2.45, 2.75) is 31.1 Å². The first-order valence-corrected chi connectivity index (χ1v) is 9.09. The van der Waals surface area contributed by atoms with Crippen LogP contribution in [0, 0.1) is 0 Å². The van der Waals surface area contributed by atoms with Crippen LogP contribution in [0.15, 0.2) is 48.5 Å². The molecule has 0 heterocycles. The number of ketones is 1. The number of rotatable bonds is 7. The van der Waals surface area contributed by atoms with Gasteiger partial charge in [0.2, 0.25) is 5.78 Å². The topological polar surface area (TPSA) is 61.8 Å². The Balaban J connectivity index is 1.74. The second kappa shape index (κ2) is 8.25. The van der Waals surface area contributed by atoms with Crippen LogP contribution in [0.4, 0.5) is 0 Å². The minimum atomic E-state index is -0.647. The number of carbonyl (C=O) groups excluding carboxylic acids is 2. The Hall–Kier alpha value is -2.82. The summed E-state index contributed by atoms with van der Waals surface area (Å²) in [5.74, 6) is 0.361. The fourth-order valence-electron chi connectivity index (χ4n) is 3.72. The average molecular weight is 368 g/mol. The second-order valence-corrected chi connectivity index (χ2v) is 6.72. The van der Waals surface area contributed by atoms with Crippen LogP contribution >= 0.6 is 0 Å². The molecule has 1 saturated carbocycles. The molecule has 0 amide bonds. The summed E-state index contributed by atoms with van der Waals surface area (Å²) in [4.78, 5) is 25.5. The van der Waals surface area contributed by atoms with Gasteiger partial charge >= 0.3 is 5.97 Å². The predicted octanol–water partition coefficient (Wildman–Crippen LogP) is 3.94. The Kier molecular flexibility index (Phi) is 5.79. The van der Waals surface area contributed by atoms with Gasteiger partial charge < -0.3 is 14.2 Å². The van der Waals surface area contributed by atoms with Gasteiger partial charge in [-0.2, -0.15) is 0 Å². The van der Waals surface area contributed by atoms with Gasteiger partial charge in [0.25, 0.3) is 0 Å². The minimum Gasteiger partial charge on any atom is -0.497 e. The molecular weight excluding hydrogens is 344 g/mol. The summed E-state index contributed by atoms with van der Waals surface area (Å²) in [6, 6.07) is 14.6. The molecule has 1 fully saturated rings. The Labute approximate surface area is 159 Å². The first-order valence-electron chi connectivity index (χ1n) is 9.09. The zero-order valence-electron chi connectivity index (χ0n) is 15.7. The SMILES string of the molecule is COc1ccc(C(=O)COC(=O)C2(c3ccccc3)CCCC2)c(OC)c1. The molecule has 5 heteroatoms. The summed E-state index contributed by atoms with van der Waals surface area (Å²) in [6.45, 7) is -0.309. The van der Waals surface area contributed by atoms with Gasteiger partial charge in [0.1, 0.15) is 11.5 Å². The largest absolute Gasteiger partial charge is 0.497 e. The Morgan fingerprint density at radius 3 is 2.30 bits per heavy atom. The normalized spacial score (nSPS) is 15.2. The summed E-state index contributed by atoms with van der Waals surface area (Å²) in [7, 11) is 3.03. The van der Waals surface area contributed by atoms with Crippen molar-refractivity contribution in [2.75, 3.05) is 20.8 Å². The van der Waals surface area contributed by atoms with Crippen LogP contribution in [0.2, 0.25) is 0 Å². The lowest BCUT2D eigenvalue weighted by atomic mass is 9.79. The van der Waals surface area contributed by atoms with E-state index in [1.54, 1.807) is 25.3 Å². The van der Waals surface area contributed by atoms with Gasteiger partial charge in [0.15, 0.2) is 6.61 Å². The molecule has 0 bridgehead atoms. The number of esters is 1. The zero-order chi connectivity index (χ0) is 19.3. The lowest BCUT2D eigenvalue weighted by molar-refractivity contribution is -0.149. The van der Waals surface area contributed by atoms with Crippen LogP contribution in [-0.4, -0.2) is 32.6 Å². The Bertz CT molecular complexity index is 807. The Morgan fingerprint density at radius 2 is 1.67 bits per heavy atom. The number of hydrogen-bond acceptors (Lipinski definition) is 5. The van der Waals surface area contributed by atoms with Gasteiger partial charge in [0, 0.05) is 6.07 Å². The molecule has 2 aromatic rings. The third kappa shape index (κ3) is 3.82. The van der Waals surface area contributed by atoms with Crippen LogP contribution in [0.1, 0.15) is 41.6 Å². The quantitative estimate of drug-likeness (QED) is 0.547. The van der Waals surface area contributed by atoms with E-state index in [0.29, 0.717) is 17.1 Å². The third-order valence-corrected chi connectivity index (χ3v) is 5.22. The van der Waals surface area contributed by atoms with Crippen LogP contribution in [0.5, 0.6) is 11.5 Å². The van der Waals surface area contributed by atoms with Crippen LogP contribution in [0.25, 0.3) is 0 Å². The van der Waals surface area contributed by atoms with Gasteiger partial charge in [-0.25, -0.2) is 0 Å². The standard InChI is InChI=1S/C22H24O5/c1-25-17-10-11-18(20(14-17)26-2)19(23)15-27-21(24)22(12-6-7-13-22)16-8-4-3-5-9-16/h3-5,8-11,14H,6-7,12-13,15H2,1-2H3. The van der Waals surface area contributed by atoms with E-state index in [1.165, 1.54) is 7.11 Å². The van der Waals surface area contributed by atoms with Gasteiger partial charge in [-0.15, -0.1) is 0 Å². The summed E-state index contributed by atoms with van der Waals surface area (Å²) in [6.07, 6.45) is 3.44. The number of carbonyl (C=O) groups is 2. The Morgan fingerprint density at radius 1 is 0.963 bits per heavy atom. The van der Waals surface area contributed by atoms with Gasteiger partial charge in [0.05, 0.1) is 25.2 Å². The third-order valence-electron chi connectivity index (χ3n) is 5.22. The number of benzene rings is 2. The molecule has 0 unspecified atom stereocenters. The number of ether oxygens (including phenoxy) is 3. The zero-order valence-corrected chi connectivity index (χ0v) is 15.7. The summed E-state index contributed by atoms with van der Waals surface area (Å²) in [5, 5.41) is 0. The smallest absolute Gasteiger partial charge is 0.317 e. The van der Waals surface area contributed by atoms with E-state index in [2.05, 4.69) is 0 Å². The highest BCUT2D eigenvalue weighted by molar-refractivity contribution is 6.01. The van der Waals surface area contributed by atoms with E-state index < -0.39 is 5.41 Å². The van der Waals surface area contributed by atoms with E-state index in [0.717, 1.165) is 31.2 Å². The van der Waals surface area contributed by atoms with Gasteiger partial charge in [-0.3, -0.25) is 9.59 Å². The first-order chi connectivity index (χ1) is 13.1. The van der Waals surface area contributed by atoms with Crippen molar-refractivity contribution in [3.63, 3.8) is 0 Å². The van der Waals surface area contributed by atoms with E-state index in [9.17, 15) is 9.59 Å². The van der Waals surface area contributed by atoms with E-state index in [-0.39, 0.29) is 18.4 Å². The van der Waals surface area contributed by atoms with Crippen molar-refractivity contribution in [3.05, 3.63) is 59.7 Å². The molecule has 2 aromatic carbocycles. The van der Waals surface area contributed by atoms with Crippen LogP contribution < -0.4 is 9.47 Å². The van der Waals surface area contributed by atoms with Crippen molar-refractivity contribution in [1.82, 2.24) is 0 Å². The molecule has 3 rings (SSSR count). The molecule has 0 atom stereocenters.